The summed E-state index contributed by atoms with van der Waals surface area (Å²) >= 11 is 0. The first-order valence-corrected chi connectivity index (χ1v) is 5.65. The molecular weight excluding hydrogens is 248 g/mol. The van der Waals surface area contributed by atoms with Crippen molar-refractivity contribution < 1.29 is 9.53 Å². The molecule has 0 aliphatic heterocycles. The first-order valence-electron chi connectivity index (χ1n) is 5.65. The van der Waals surface area contributed by atoms with Gasteiger partial charge in [0.1, 0.15) is 6.04 Å². The van der Waals surface area contributed by atoms with E-state index in [0.29, 0.717) is 16.6 Å². The fraction of sp³-hybridized carbons (Fsp3) is 0.250. The third-order valence-electron chi connectivity index (χ3n) is 2.64. The molecule has 0 saturated heterocycles. The van der Waals surface area contributed by atoms with E-state index in [9.17, 15) is 9.59 Å². The second-order valence-corrected chi connectivity index (χ2v) is 4.08. The Balaban J connectivity index is 2.39. The number of anilines is 2. The van der Waals surface area contributed by atoms with Gasteiger partial charge in [0.05, 0.1) is 18.0 Å². The Morgan fingerprint density at radius 3 is 2.95 bits per heavy atom. The molecule has 1 atom stereocenters. The predicted octanol–water partition coefficient (Wildman–Crippen LogP) is 0.479. The van der Waals surface area contributed by atoms with Crippen LogP contribution in [-0.4, -0.2) is 29.1 Å². The largest absolute Gasteiger partial charge is 0.467 e. The second kappa shape index (κ2) is 4.97. The van der Waals surface area contributed by atoms with Gasteiger partial charge in [-0.2, -0.15) is 0 Å². The summed E-state index contributed by atoms with van der Waals surface area (Å²) in [6, 6.07) is 4.24. The minimum absolute atomic E-state index is 0.208. The number of hydrogen-bond donors (Lipinski definition) is 3. The number of nitrogen functional groups attached to an aromatic ring is 1. The van der Waals surface area contributed by atoms with Crippen molar-refractivity contribution in [2.75, 3.05) is 18.2 Å². The number of carbonyl (C=O) groups is 1. The summed E-state index contributed by atoms with van der Waals surface area (Å²) in [6.45, 7) is 1.61. The first kappa shape index (κ1) is 12.9. The van der Waals surface area contributed by atoms with Gasteiger partial charge in [-0.1, -0.05) is 0 Å². The highest BCUT2D eigenvalue weighted by Crippen LogP contribution is 2.13. The zero-order valence-corrected chi connectivity index (χ0v) is 10.6. The van der Waals surface area contributed by atoms with Crippen LogP contribution in [0.4, 0.5) is 11.6 Å². The van der Waals surface area contributed by atoms with Crippen molar-refractivity contribution in [2.45, 2.75) is 13.0 Å². The van der Waals surface area contributed by atoms with E-state index in [1.54, 1.807) is 25.1 Å². The second-order valence-electron chi connectivity index (χ2n) is 4.08. The molecular formula is C12H14N4O3. The average Bonchev–Trinajstić information content (AvgIpc) is 2.38. The van der Waals surface area contributed by atoms with Crippen LogP contribution in [0.15, 0.2) is 23.0 Å². The molecule has 7 heteroatoms. The number of nitrogens with zero attached hydrogens (tertiary/aromatic N) is 1. The number of esters is 1. The van der Waals surface area contributed by atoms with E-state index < -0.39 is 12.0 Å². The molecule has 1 aromatic heterocycles. The van der Waals surface area contributed by atoms with Crippen molar-refractivity contribution >= 4 is 28.5 Å². The van der Waals surface area contributed by atoms with Crippen LogP contribution in [0.25, 0.3) is 10.9 Å². The van der Waals surface area contributed by atoms with Crippen LogP contribution < -0.4 is 16.6 Å². The number of ether oxygens (including phenoxy) is 1. The van der Waals surface area contributed by atoms with E-state index in [0.717, 1.165) is 0 Å². The number of nitrogens with two attached hydrogens (primary N) is 1. The lowest BCUT2D eigenvalue weighted by atomic mass is 10.2. The number of hydrogen-bond acceptors (Lipinski definition) is 6. The molecule has 0 aliphatic carbocycles. The van der Waals surface area contributed by atoms with E-state index >= 15 is 0 Å². The summed E-state index contributed by atoms with van der Waals surface area (Å²) in [5.41, 5.74) is 6.28. The number of benzene rings is 1. The zero-order chi connectivity index (χ0) is 14.0. The van der Waals surface area contributed by atoms with Crippen molar-refractivity contribution in [3.05, 3.63) is 28.6 Å². The molecule has 100 valence electrons. The number of methoxy groups -OCH3 is 1. The van der Waals surface area contributed by atoms with Gasteiger partial charge >= 0.3 is 5.97 Å². The number of fused-ring (bicyclic) bond motifs is 1. The number of aromatic amines is 1. The Hall–Kier alpha value is -2.57. The summed E-state index contributed by atoms with van der Waals surface area (Å²) in [5.74, 6) is -0.236. The van der Waals surface area contributed by atoms with Crippen molar-refractivity contribution in [3.63, 3.8) is 0 Å². The lowest BCUT2D eigenvalue weighted by Gasteiger charge is -2.12. The summed E-state index contributed by atoms with van der Waals surface area (Å²) in [6.07, 6.45) is 0. The molecule has 0 fully saturated rings. The van der Waals surface area contributed by atoms with E-state index in [4.69, 9.17) is 5.73 Å². The van der Waals surface area contributed by atoms with Gasteiger partial charge in [0.15, 0.2) is 0 Å². The molecule has 1 heterocycles. The van der Waals surface area contributed by atoms with Gasteiger partial charge in [0, 0.05) is 5.69 Å². The number of H-pyrrole nitrogens is 1. The van der Waals surface area contributed by atoms with Crippen molar-refractivity contribution in [1.82, 2.24) is 9.97 Å². The standard InChI is InChI=1S/C12H14N4O3/c1-6(11(18)19-2)14-12-15-9-4-3-7(13)5-8(9)10(17)16-12/h3-6H,13H2,1-2H3,(H2,14,15,16,17). The Morgan fingerprint density at radius 2 is 2.26 bits per heavy atom. The van der Waals surface area contributed by atoms with Crippen LogP contribution in [0.1, 0.15) is 6.92 Å². The van der Waals surface area contributed by atoms with Gasteiger partial charge in [0.2, 0.25) is 5.95 Å². The highest BCUT2D eigenvalue weighted by molar-refractivity contribution is 5.82. The van der Waals surface area contributed by atoms with Crippen LogP contribution in [-0.2, 0) is 9.53 Å². The average molecular weight is 262 g/mol. The Kier molecular flexibility index (Phi) is 3.37. The van der Waals surface area contributed by atoms with Gasteiger partial charge in [-0.25, -0.2) is 9.78 Å². The van der Waals surface area contributed by atoms with Crippen molar-refractivity contribution in [3.8, 4) is 0 Å². The molecule has 1 unspecified atom stereocenters. The van der Waals surface area contributed by atoms with Gasteiger partial charge in [-0.05, 0) is 25.1 Å². The quantitative estimate of drug-likeness (QED) is 0.548. The van der Waals surface area contributed by atoms with Gasteiger partial charge < -0.3 is 15.8 Å². The predicted molar refractivity (Wildman–Crippen MR) is 71.9 cm³/mol. The molecule has 7 nitrogen and oxygen atoms in total. The Morgan fingerprint density at radius 1 is 1.53 bits per heavy atom. The van der Waals surface area contributed by atoms with Crippen LogP contribution in [0, 0.1) is 0 Å². The molecule has 4 N–H and O–H groups in total. The minimum atomic E-state index is -0.612. The normalized spacial score (nSPS) is 12.1. The summed E-state index contributed by atoms with van der Waals surface area (Å²) in [7, 11) is 1.29. The first-order chi connectivity index (χ1) is 9.01. The van der Waals surface area contributed by atoms with Gasteiger partial charge in [-0.15, -0.1) is 0 Å². The topological polar surface area (TPSA) is 110 Å². The van der Waals surface area contributed by atoms with Crippen LogP contribution >= 0.6 is 0 Å². The van der Waals surface area contributed by atoms with E-state index in [1.165, 1.54) is 7.11 Å². The van der Waals surface area contributed by atoms with Crippen LogP contribution in [0.5, 0.6) is 0 Å². The number of aromatic nitrogens is 2. The Bertz CT molecular complexity index is 680. The molecule has 0 radical (unpaired) electrons. The molecule has 2 rings (SSSR count). The fourth-order valence-corrected chi connectivity index (χ4v) is 1.67. The van der Waals surface area contributed by atoms with E-state index in [1.807, 2.05) is 0 Å². The Labute approximate surface area is 108 Å². The maximum atomic E-state index is 11.9. The minimum Gasteiger partial charge on any atom is -0.467 e. The third-order valence-corrected chi connectivity index (χ3v) is 2.64. The molecule has 0 amide bonds. The number of rotatable bonds is 3. The lowest BCUT2D eigenvalue weighted by molar-refractivity contribution is -0.141. The molecule has 0 aliphatic rings. The molecule has 0 saturated carbocycles. The van der Waals surface area contributed by atoms with Gasteiger partial charge in [0.25, 0.3) is 5.56 Å². The maximum absolute atomic E-state index is 11.9. The summed E-state index contributed by atoms with van der Waals surface area (Å²) < 4.78 is 4.58. The molecule has 19 heavy (non-hydrogen) atoms. The third kappa shape index (κ3) is 2.65. The van der Waals surface area contributed by atoms with Gasteiger partial charge in [-0.3, -0.25) is 9.78 Å². The molecule has 1 aromatic carbocycles. The summed E-state index contributed by atoms with van der Waals surface area (Å²) in [4.78, 5) is 29.9. The SMILES string of the molecule is COC(=O)C(C)Nc1nc2ccc(N)cc2c(=O)[nH]1. The summed E-state index contributed by atoms with van der Waals surface area (Å²) in [5, 5.41) is 3.17. The number of nitrogens with one attached hydrogen (secondary N) is 2. The number of carbonyl (C=O) groups excluding carboxylic acids is 1. The smallest absolute Gasteiger partial charge is 0.328 e. The van der Waals surface area contributed by atoms with Crippen molar-refractivity contribution in [2.24, 2.45) is 0 Å². The molecule has 0 bridgehead atoms. The monoisotopic (exact) mass is 262 g/mol. The van der Waals surface area contributed by atoms with Crippen LogP contribution in [0.2, 0.25) is 0 Å². The zero-order valence-electron chi connectivity index (χ0n) is 10.6. The van der Waals surface area contributed by atoms with Crippen molar-refractivity contribution in [1.29, 1.82) is 0 Å². The van der Waals surface area contributed by atoms with E-state index in [-0.39, 0.29) is 11.5 Å². The highest BCUT2D eigenvalue weighted by atomic mass is 16.5. The van der Waals surface area contributed by atoms with E-state index in [2.05, 4.69) is 20.0 Å². The highest BCUT2D eigenvalue weighted by Gasteiger charge is 2.14. The van der Waals surface area contributed by atoms with Crippen LogP contribution in [0.3, 0.4) is 0 Å². The fourth-order valence-electron chi connectivity index (χ4n) is 1.67. The molecule has 2 aromatic rings. The maximum Gasteiger partial charge on any atom is 0.328 e. The lowest BCUT2D eigenvalue weighted by Crippen LogP contribution is -2.29. The molecule has 0 spiro atoms.